The normalized spacial score (nSPS) is 10.8. The fourth-order valence-electron chi connectivity index (χ4n) is 2.53. The molecule has 3 rings (SSSR count). The van der Waals surface area contributed by atoms with Gasteiger partial charge < -0.3 is 9.84 Å². The highest BCUT2D eigenvalue weighted by Crippen LogP contribution is 2.16. The molecule has 0 aliphatic carbocycles. The van der Waals surface area contributed by atoms with Crippen LogP contribution in [0.4, 0.5) is 0 Å². The van der Waals surface area contributed by atoms with E-state index >= 15 is 0 Å². The summed E-state index contributed by atoms with van der Waals surface area (Å²) in [5, 5.41) is 9.20. The van der Waals surface area contributed by atoms with Crippen molar-refractivity contribution in [2.45, 2.75) is 26.8 Å². The molecule has 1 amide bonds. The molecule has 1 N–H and O–H groups in total. The molecule has 4 nitrogen and oxygen atoms in total. The van der Waals surface area contributed by atoms with Crippen LogP contribution in [0.3, 0.4) is 0 Å². The predicted molar refractivity (Wildman–Crippen MR) is 85.5 cm³/mol. The third kappa shape index (κ3) is 3.01. The van der Waals surface area contributed by atoms with Gasteiger partial charge in [-0.05, 0) is 36.2 Å². The molecule has 0 aliphatic heterocycles. The van der Waals surface area contributed by atoms with Crippen LogP contribution in [0.15, 0.2) is 47.0 Å². The molecule has 1 heterocycles. The molecule has 3 aromatic rings. The summed E-state index contributed by atoms with van der Waals surface area (Å²) in [4.78, 5) is 12.1. The first-order chi connectivity index (χ1) is 10.6. The smallest absolute Gasteiger partial charge is 0.224 e. The zero-order valence-electron chi connectivity index (χ0n) is 12.7. The van der Waals surface area contributed by atoms with Crippen molar-refractivity contribution in [2.24, 2.45) is 0 Å². The van der Waals surface area contributed by atoms with Gasteiger partial charge >= 0.3 is 0 Å². The van der Waals surface area contributed by atoms with Crippen molar-refractivity contribution in [3.8, 4) is 0 Å². The number of nitrogens with zero attached hydrogens (tertiary/aromatic N) is 1. The number of carbonyl (C=O) groups is 1. The van der Waals surface area contributed by atoms with Crippen LogP contribution >= 0.6 is 0 Å². The Morgan fingerprint density at radius 1 is 1.14 bits per heavy atom. The van der Waals surface area contributed by atoms with E-state index in [2.05, 4.69) is 34.7 Å². The average molecular weight is 294 g/mol. The zero-order chi connectivity index (χ0) is 15.5. The first-order valence-electron chi connectivity index (χ1n) is 7.29. The molecule has 0 spiro atoms. The maximum atomic E-state index is 12.1. The lowest BCUT2D eigenvalue weighted by atomic mass is 10.1. The molecule has 22 heavy (non-hydrogen) atoms. The van der Waals surface area contributed by atoms with Crippen molar-refractivity contribution in [1.82, 2.24) is 10.5 Å². The second-order valence-corrected chi connectivity index (χ2v) is 5.44. The molecule has 4 heteroatoms. The van der Waals surface area contributed by atoms with Gasteiger partial charge in [0.1, 0.15) is 5.76 Å². The lowest BCUT2D eigenvalue weighted by Crippen LogP contribution is -2.24. The largest absolute Gasteiger partial charge is 0.361 e. The minimum atomic E-state index is -0.0254. The standard InChI is InChI=1S/C18H18N2O2/c1-12-17(13(2)22-20-12)10-18(21)19-11-14-7-8-15-5-3-4-6-16(15)9-14/h3-9H,10-11H2,1-2H3,(H,19,21). The average Bonchev–Trinajstić information content (AvgIpc) is 2.84. The summed E-state index contributed by atoms with van der Waals surface area (Å²) in [6, 6.07) is 14.4. The Morgan fingerprint density at radius 3 is 2.64 bits per heavy atom. The highest BCUT2D eigenvalue weighted by molar-refractivity contribution is 5.83. The van der Waals surface area contributed by atoms with Crippen molar-refractivity contribution in [3.63, 3.8) is 0 Å². The summed E-state index contributed by atoms with van der Waals surface area (Å²) in [5.74, 6) is 0.681. The van der Waals surface area contributed by atoms with Crippen LogP contribution in [0.25, 0.3) is 10.8 Å². The van der Waals surface area contributed by atoms with Crippen LogP contribution in [0, 0.1) is 13.8 Å². The number of rotatable bonds is 4. The third-order valence-corrected chi connectivity index (χ3v) is 3.82. The number of carbonyl (C=O) groups excluding carboxylic acids is 1. The van der Waals surface area contributed by atoms with Crippen LogP contribution in [0.1, 0.15) is 22.6 Å². The highest BCUT2D eigenvalue weighted by Gasteiger charge is 2.13. The lowest BCUT2D eigenvalue weighted by molar-refractivity contribution is -0.120. The Bertz CT molecular complexity index is 801. The van der Waals surface area contributed by atoms with Gasteiger partial charge in [-0.2, -0.15) is 0 Å². The topological polar surface area (TPSA) is 55.1 Å². The van der Waals surface area contributed by atoms with Gasteiger partial charge in [-0.25, -0.2) is 0 Å². The number of benzene rings is 2. The first-order valence-corrected chi connectivity index (χ1v) is 7.29. The molecule has 0 atom stereocenters. The minimum Gasteiger partial charge on any atom is -0.361 e. The summed E-state index contributed by atoms with van der Waals surface area (Å²) >= 11 is 0. The monoisotopic (exact) mass is 294 g/mol. The van der Waals surface area contributed by atoms with Crippen molar-refractivity contribution in [2.75, 3.05) is 0 Å². The number of hydrogen-bond donors (Lipinski definition) is 1. The number of aromatic nitrogens is 1. The molecule has 0 saturated carbocycles. The van der Waals surface area contributed by atoms with Crippen molar-refractivity contribution >= 4 is 16.7 Å². The Balaban J connectivity index is 1.65. The second kappa shape index (κ2) is 6.02. The van der Waals surface area contributed by atoms with Gasteiger partial charge in [0.15, 0.2) is 0 Å². The molecule has 0 saturated heterocycles. The maximum absolute atomic E-state index is 12.1. The summed E-state index contributed by atoms with van der Waals surface area (Å²) in [6.45, 7) is 4.20. The Morgan fingerprint density at radius 2 is 1.91 bits per heavy atom. The van der Waals surface area contributed by atoms with Gasteiger partial charge in [0.25, 0.3) is 0 Å². The number of hydrogen-bond acceptors (Lipinski definition) is 3. The SMILES string of the molecule is Cc1noc(C)c1CC(=O)NCc1ccc2ccccc2c1. The Labute approximate surface area is 129 Å². The maximum Gasteiger partial charge on any atom is 0.224 e. The van der Waals surface area contributed by atoms with E-state index < -0.39 is 0 Å². The van der Waals surface area contributed by atoms with Gasteiger partial charge in [0.05, 0.1) is 12.1 Å². The van der Waals surface area contributed by atoms with E-state index in [4.69, 9.17) is 4.52 Å². The molecular weight excluding hydrogens is 276 g/mol. The van der Waals surface area contributed by atoms with Crippen LogP contribution in [-0.4, -0.2) is 11.1 Å². The van der Waals surface area contributed by atoms with Crippen LogP contribution < -0.4 is 5.32 Å². The number of amides is 1. The second-order valence-electron chi connectivity index (χ2n) is 5.44. The third-order valence-electron chi connectivity index (χ3n) is 3.82. The van der Waals surface area contributed by atoms with E-state index in [9.17, 15) is 4.79 Å². The van der Waals surface area contributed by atoms with Crippen LogP contribution in [0.2, 0.25) is 0 Å². The molecule has 1 aromatic heterocycles. The van der Waals surface area contributed by atoms with Gasteiger partial charge in [-0.1, -0.05) is 41.6 Å². The molecule has 0 radical (unpaired) electrons. The Kier molecular flexibility index (Phi) is 3.92. The summed E-state index contributed by atoms with van der Waals surface area (Å²) in [6.07, 6.45) is 0.300. The van der Waals surface area contributed by atoms with Gasteiger partial charge in [-0.15, -0.1) is 0 Å². The van der Waals surface area contributed by atoms with Gasteiger partial charge in [0.2, 0.25) is 5.91 Å². The van der Waals surface area contributed by atoms with E-state index in [1.165, 1.54) is 10.8 Å². The van der Waals surface area contributed by atoms with Gasteiger partial charge in [0, 0.05) is 12.1 Å². The summed E-state index contributed by atoms with van der Waals surface area (Å²) in [5.41, 5.74) is 2.74. The van der Waals surface area contributed by atoms with E-state index in [0.717, 1.165) is 16.8 Å². The van der Waals surface area contributed by atoms with Crippen LogP contribution in [0.5, 0.6) is 0 Å². The van der Waals surface area contributed by atoms with Gasteiger partial charge in [-0.3, -0.25) is 4.79 Å². The lowest BCUT2D eigenvalue weighted by Gasteiger charge is -2.06. The number of nitrogens with one attached hydrogen (secondary N) is 1. The van der Waals surface area contributed by atoms with Crippen molar-refractivity contribution in [1.29, 1.82) is 0 Å². The zero-order valence-corrected chi connectivity index (χ0v) is 12.7. The molecular formula is C18H18N2O2. The molecule has 0 fully saturated rings. The fourth-order valence-corrected chi connectivity index (χ4v) is 2.53. The van der Waals surface area contributed by atoms with E-state index in [-0.39, 0.29) is 5.91 Å². The highest BCUT2D eigenvalue weighted by atomic mass is 16.5. The summed E-state index contributed by atoms with van der Waals surface area (Å²) in [7, 11) is 0. The van der Waals surface area contributed by atoms with Crippen molar-refractivity contribution in [3.05, 3.63) is 65.0 Å². The van der Waals surface area contributed by atoms with Crippen molar-refractivity contribution < 1.29 is 9.32 Å². The van der Waals surface area contributed by atoms with E-state index in [1.807, 2.05) is 32.0 Å². The molecule has 2 aromatic carbocycles. The first kappa shape index (κ1) is 14.3. The minimum absolute atomic E-state index is 0.0254. The number of aryl methyl sites for hydroxylation is 2. The van der Waals surface area contributed by atoms with Crippen LogP contribution in [-0.2, 0) is 17.8 Å². The van der Waals surface area contributed by atoms with E-state index in [0.29, 0.717) is 18.7 Å². The predicted octanol–water partition coefficient (Wildman–Crippen LogP) is 3.30. The van der Waals surface area contributed by atoms with E-state index in [1.54, 1.807) is 0 Å². The molecule has 0 aliphatic rings. The Hall–Kier alpha value is -2.62. The fraction of sp³-hybridized carbons (Fsp3) is 0.222. The quantitative estimate of drug-likeness (QED) is 0.803. The molecule has 0 unspecified atom stereocenters. The number of fused-ring (bicyclic) bond motifs is 1. The molecule has 0 bridgehead atoms. The molecule has 112 valence electrons. The summed E-state index contributed by atoms with van der Waals surface area (Å²) < 4.78 is 5.08.